The third kappa shape index (κ3) is 4.10. The molecule has 5 nitrogen and oxygen atoms in total. The van der Waals surface area contributed by atoms with Crippen molar-refractivity contribution in [1.29, 1.82) is 0 Å². The highest BCUT2D eigenvalue weighted by Crippen LogP contribution is 2.19. The molecule has 1 aliphatic heterocycles. The first-order valence-electron chi connectivity index (χ1n) is 9.82. The molecular formula is C14H20BrN3O2. The number of ether oxygens (including phenoxy) is 1. The zero-order valence-electron chi connectivity index (χ0n) is 19.3. The van der Waals surface area contributed by atoms with Gasteiger partial charge < -0.3 is 14.5 Å². The molecule has 1 saturated heterocycles. The van der Waals surface area contributed by atoms with Gasteiger partial charge in [0, 0.05) is 36.7 Å². The normalized spacial score (nSPS) is 32.2. The summed E-state index contributed by atoms with van der Waals surface area (Å²) in [6, 6.07) is 2.72. The summed E-state index contributed by atoms with van der Waals surface area (Å²) in [5, 5.41) is 0. The third-order valence-electron chi connectivity index (χ3n) is 2.06. The minimum atomic E-state index is -3.31. The Hall–Kier alpha value is -1.30. The predicted molar refractivity (Wildman–Crippen MR) is 82.0 cm³/mol. The molecule has 6 heteroatoms. The lowest BCUT2D eigenvalue weighted by atomic mass is 10.2. The van der Waals surface area contributed by atoms with Gasteiger partial charge >= 0.3 is 6.09 Å². The lowest BCUT2D eigenvalue weighted by Crippen LogP contribution is -2.50. The summed E-state index contributed by atoms with van der Waals surface area (Å²) in [6.45, 7) is -8.61. The molecule has 0 N–H and O–H groups in total. The SMILES string of the molecule is [2H]C1([2H])N(C(=O)OC(C)(C)C)C([2H])([2H])C([2H])([2H])N(c2cc(Br)ccn2)C1([2H])[2H]. The molecular weight excluding hydrogens is 322 g/mol. The van der Waals surface area contributed by atoms with E-state index in [1.165, 1.54) is 39.1 Å². The van der Waals surface area contributed by atoms with E-state index in [0.717, 1.165) is 0 Å². The highest BCUT2D eigenvalue weighted by atomic mass is 79.9. The number of rotatable bonds is 1. The zero-order valence-corrected chi connectivity index (χ0v) is 12.9. The van der Waals surface area contributed by atoms with E-state index in [-0.39, 0.29) is 15.6 Å². The van der Waals surface area contributed by atoms with E-state index in [4.69, 9.17) is 15.7 Å². The molecule has 110 valence electrons. The molecule has 1 aromatic heterocycles. The van der Waals surface area contributed by atoms with Crippen LogP contribution in [0.3, 0.4) is 0 Å². The second-order valence-corrected chi connectivity index (χ2v) is 5.85. The largest absolute Gasteiger partial charge is 0.444 e. The Bertz CT molecular complexity index is 756. The third-order valence-corrected chi connectivity index (χ3v) is 2.55. The molecule has 1 amide bonds. The van der Waals surface area contributed by atoms with Gasteiger partial charge in [0.15, 0.2) is 0 Å². The highest BCUT2D eigenvalue weighted by molar-refractivity contribution is 9.10. The smallest absolute Gasteiger partial charge is 0.410 e. The van der Waals surface area contributed by atoms with Gasteiger partial charge in [0.25, 0.3) is 0 Å². The van der Waals surface area contributed by atoms with Crippen molar-refractivity contribution >= 4 is 27.8 Å². The van der Waals surface area contributed by atoms with Crippen molar-refractivity contribution < 1.29 is 20.5 Å². The predicted octanol–water partition coefficient (Wildman–Crippen LogP) is 2.90. The van der Waals surface area contributed by atoms with Crippen LogP contribution in [0.25, 0.3) is 0 Å². The minimum Gasteiger partial charge on any atom is -0.444 e. The molecule has 0 atom stereocenters. The molecule has 0 saturated carbocycles. The van der Waals surface area contributed by atoms with Crippen molar-refractivity contribution in [3.8, 4) is 0 Å². The zero-order chi connectivity index (χ0) is 21.9. The van der Waals surface area contributed by atoms with Crippen LogP contribution in [0.1, 0.15) is 31.7 Å². The number of hydrogen-bond donors (Lipinski definition) is 0. The Labute approximate surface area is 139 Å². The minimum absolute atomic E-state index is 0.153. The molecule has 20 heavy (non-hydrogen) atoms. The summed E-state index contributed by atoms with van der Waals surface area (Å²) in [6.07, 6.45) is -0.283. The molecule has 1 aliphatic rings. The second-order valence-electron chi connectivity index (χ2n) is 4.93. The summed E-state index contributed by atoms with van der Waals surface area (Å²) >= 11 is 3.15. The molecule has 0 aliphatic carbocycles. The van der Waals surface area contributed by atoms with E-state index >= 15 is 0 Å². The van der Waals surface area contributed by atoms with E-state index in [9.17, 15) is 4.79 Å². The molecule has 0 radical (unpaired) electrons. The first kappa shape index (κ1) is 7.64. The maximum atomic E-state index is 12.6. The number of nitrogens with zero attached hydrogens (tertiary/aromatic N) is 3. The number of halogens is 1. The van der Waals surface area contributed by atoms with Gasteiger partial charge in [0.2, 0.25) is 0 Å². The fourth-order valence-corrected chi connectivity index (χ4v) is 1.61. The molecule has 1 fully saturated rings. The lowest BCUT2D eigenvalue weighted by Gasteiger charge is -2.36. The Morgan fingerprint density at radius 2 is 2.05 bits per heavy atom. The maximum absolute atomic E-state index is 12.6. The van der Waals surface area contributed by atoms with Crippen LogP contribution in [0.5, 0.6) is 0 Å². The second kappa shape index (κ2) is 5.99. The van der Waals surface area contributed by atoms with Crippen molar-refractivity contribution in [3.63, 3.8) is 0 Å². The molecule has 0 unspecified atom stereocenters. The van der Waals surface area contributed by atoms with Gasteiger partial charge in [-0.1, -0.05) is 15.9 Å². The fourth-order valence-electron chi connectivity index (χ4n) is 1.29. The fraction of sp³-hybridized carbons (Fsp3) is 0.571. The molecule has 1 aromatic rings. The van der Waals surface area contributed by atoms with Gasteiger partial charge in [-0.25, -0.2) is 9.78 Å². The highest BCUT2D eigenvalue weighted by Gasteiger charge is 2.26. The van der Waals surface area contributed by atoms with Crippen LogP contribution in [0.4, 0.5) is 10.6 Å². The van der Waals surface area contributed by atoms with Crippen molar-refractivity contribution in [3.05, 3.63) is 22.8 Å². The Morgan fingerprint density at radius 3 is 2.60 bits per heavy atom. The number of pyridine rings is 1. The molecule has 0 aromatic carbocycles. The average Bonchev–Trinajstić information content (AvgIpc) is 2.42. The quantitative estimate of drug-likeness (QED) is 0.781. The van der Waals surface area contributed by atoms with Crippen molar-refractivity contribution in [2.24, 2.45) is 0 Å². The number of anilines is 1. The summed E-state index contributed by atoms with van der Waals surface area (Å²) in [5.74, 6) is -0.346. The van der Waals surface area contributed by atoms with Gasteiger partial charge in [0.1, 0.15) is 11.4 Å². The van der Waals surface area contributed by atoms with Crippen LogP contribution >= 0.6 is 15.9 Å². The number of piperazine rings is 1. The van der Waals surface area contributed by atoms with Gasteiger partial charge in [-0.2, -0.15) is 0 Å². The molecule has 0 bridgehead atoms. The van der Waals surface area contributed by atoms with Gasteiger partial charge in [-0.3, -0.25) is 0 Å². The Balaban J connectivity index is 2.71. The van der Waals surface area contributed by atoms with Crippen LogP contribution in [-0.2, 0) is 4.74 Å². The van der Waals surface area contributed by atoms with Gasteiger partial charge in [-0.15, -0.1) is 0 Å². The molecule has 2 heterocycles. The molecule has 2 rings (SSSR count). The Kier molecular flexibility index (Phi) is 2.29. The first-order chi connectivity index (χ1) is 12.4. The van der Waals surface area contributed by atoms with Crippen LogP contribution in [0.2, 0.25) is 0 Å². The van der Waals surface area contributed by atoms with E-state index in [1.807, 2.05) is 0 Å². The lowest BCUT2D eigenvalue weighted by molar-refractivity contribution is 0.0240. The number of aromatic nitrogens is 1. The number of hydrogen-bond acceptors (Lipinski definition) is 4. The van der Waals surface area contributed by atoms with Gasteiger partial charge in [-0.05, 0) is 32.9 Å². The number of carbonyl (C=O) groups excluding carboxylic acids is 1. The van der Waals surface area contributed by atoms with E-state index in [1.54, 1.807) is 0 Å². The number of amides is 1. The summed E-state index contributed by atoms with van der Waals surface area (Å²) in [4.78, 5) is 16.5. The summed E-state index contributed by atoms with van der Waals surface area (Å²) in [5.41, 5.74) is -1.13. The van der Waals surface area contributed by atoms with Crippen LogP contribution in [-0.4, -0.2) is 47.6 Å². The van der Waals surface area contributed by atoms with Crippen molar-refractivity contribution in [2.75, 3.05) is 30.9 Å². The average molecular weight is 350 g/mol. The van der Waals surface area contributed by atoms with Gasteiger partial charge in [0.05, 0.1) is 11.0 Å². The monoisotopic (exact) mass is 349 g/mol. The van der Waals surface area contributed by atoms with Crippen molar-refractivity contribution in [2.45, 2.75) is 26.4 Å². The van der Waals surface area contributed by atoms with Crippen molar-refractivity contribution in [1.82, 2.24) is 9.88 Å². The van der Waals surface area contributed by atoms with Crippen LogP contribution in [0, 0.1) is 0 Å². The maximum Gasteiger partial charge on any atom is 0.410 e. The standard InChI is InChI=1S/C14H20BrN3O2/c1-14(2,3)20-13(19)18-8-6-17(7-9-18)12-10-11(15)4-5-16-12/h4-5,10H,6-9H2,1-3H3/i6D2,7D2,8D2,9D2. The number of carbonyl (C=O) groups is 1. The topological polar surface area (TPSA) is 45.7 Å². The first-order valence-corrected chi connectivity index (χ1v) is 6.62. The van der Waals surface area contributed by atoms with E-state index in [0.29, 0.717) is 4.47 Å². The van der Waals surface area contributed by atoms with E-state index in [2.05, 4.69) is 20.9 Å². The van der Waals surface area contributed by atoms with E-state index < -0.39 is 37.7 Å². The summed E-state index contributed by atoms with van der Waals surface area (Å²) < 4.78 is 71.5. The van der Waals surface area contributed by atoms with Crippen LogP contribution < -0.4 is 4.90 Å². The van der Waals surface area contributed by atoms with Crippen LogP contribution in [0.15, 0.2) is 22.8 Å². The molecule has 0 spiro atoms. The summed E-state index contributed by atoms with van der Waals surface area (Å²) in [7, 11) is 0. The Morgan fingerprint density at radius 1 is 1.40 bits per heavy atom.